The number of pyridine rings is 1. The van der Waals surface area contributed by atoms with Gasteiger partial charge in [0.2, 0.25) is 0 Å². The molecule has 2 atom stereocenters. The summed E-state index contributed by atoms with van der Waals surface area (Å²) in [6.45, 7) is 3.81. The number of nitrogens with two attached hydrogens (primary N) is 1. The monoisotopic (exact) mass is 390 g/mol. The average Bonchev–Trinajstić information content (AvgIpc) is 2.76. The molecule has 3 rings (SSSR count). The van der Waals surface area contributed by atoms with Gasteiger partial charge in [-0.2, -0.15) is 11.8 Å². The van der Waals surface area contributed by atoms with Crippen LogP contribution in [0.5, 0.6) is 0 Å². The highest BCUT2D eigenvalue weighted by atomic mass is 32.2. The molecule has 1 amide bonds. The molecule has 0 saturated carbocycles. The molecule has 2 aromatic rings. The van der Waals surface area contributed by atoms with Crippen molar-refractivity contribution in [1.29, 1.82) is 0 Å². The third-order valence-electron chi connectivity index (χ3n) is 4.51. The van der Waals surface area contributed by atoms with Crippen LogP contribution in [0, 0.1) is 11.6 Å². The number of nitrogens with zero attached hydrogens (tertiary/aromatic N) is 2. The Balaban J connectivity index is 1.90. The lowest BCUT2D eigenvalue weighted by atomic mass is 9.89. The summed E-state index contributed by atoms with van der Waals surface area (Å²) in [6, 6.07) is 6.76. The van der Waals surface area contributed by atoms with Gasteiger partial charge in [-0.15, -0.1) is 0 Å². The first-order valence-corrected chi connectivity index (χ1v) is 9.53. The van der Waals surface area contributed by atoms with E-state index in [1.54, 1.807) is 17.8 Å². The van der Waals surface area contributed by atoms with Crippen LogP contribution in [-0.2, 0) is 5.54 Å². The van der Waals surface area contributed by atoms with E-state index in [4.69, 9.17) is 5.73 Å². The highest BCUT2D eigenvalue weighted by Gasteiger charge is 2.32. The number of rotatable bonds is 3. The van der Waals surface area contributed by atoms with Crippen molar-refractivity contribution >= 4 is 29.2 Å². The summed E-state index contributed by atoms with van der Waals surface area (Å²) in [7, 11) is 0. The van der Waals surface area contributed by atoms with Crippen LogP contribution < -0.4 is 11.1 Å². The number of benzene rings is 1. The maximum atomic E-state index is 14.6. The number of anilines is 1. The number of halogens is 2. The van der Waals surface area contributed by atoms with Crippen molar-refractivity contribution < 1.29 is 13.6 Å². The predicted octanol–water partition coefficient (Wildman–Crippen LogP) is 3.71. The van der Waals surface area contributed by atoms with Crippen LogP contribution >= 0.6 is 11.8 Å². The third-order valence-corrected chi connectivity index (χ3v) is 5.69. The van der Waals surface area contributed by atoms with Crippen LogP contribution in [-0.4, -0.2) is 27.7 Å². The molecule has 3 N–H and O–H groups in total. The van der Waals surface area contributed by atoms with Crippen molar-refractivity contribution in [3.8, 4) is 0 Å². The molecule has 2 heterocycles. The number of hydrogen-bond donors (Lipinski definition) is 2. The van der Waals surface area contributed by atoms with E-state index in [0.717, 1.165) is 18.0 Å². The first-order valence-electron chi connectivity index (χ1n) is 8.48. The number of aliphatic imine (C=N–C) groups is 1. The van der Waals surface area contributed by atoms with Gasteiger partial charge in [0.05, 0.1) is 17.0 Å². The van der Waals surface area contributed by atoms with Gasteiger partial charge in [0.15, 0.2) is 0 Å². The molecule has 0 aliphatic carbocycles. The highest BCUT2D eigenvalue weighted by Crippen LogP contribution is 2.37. The van der Waals surface area contributed by atoms with Crippen molar-refractivity contribution in [2.45, 2.75) is 31.1 Å². The van der Waals surface area contributed by atoms with Gasteiger partial charge in [-0.1, -0.05) is 0 Å². The lowest BCUT2D eigenvalue weighted by molar-refractivity contribution is 0.102. The Morgan fingerprint density at radius 1 is 1.33 bits per heavy atom. The van der Waals surface area contributed by atoms with Gasteiger partial charge in [-0.25, -0.2) is 13.8 Å². The minimum atomic E-state index is -0.819. The largest absolute Gasteiger partial charge is 0.387 e. The van der Waals surface area contributed by atoms with Gasteiger partial charge < -0.3 is 11.1 Å². The van der Waals surface area contributed by atoms with Gasteiger partial charge in [0.25, 0.3) is 5.91 Å². The van der Waals surface area contributed by atoms with E-state index in [2.05, 4.69) is 15.3 Å². The van der Waals surface area contributed by atoms with Gasteiger partial charge in [0.1, 0.15) is 23.2 Å². The van der Waals surface area contributed by atoms with Gasteiger partial charge in [-0.3, -0.25) is 9.79 Å². The average molecular weight is 390 g/mol. The molecule has 5 nitrogen and oxygen atoms in total. The summed E-state index contributed by atoms with van der Waals surface area (Å²) in [6.07, 6.45) is 1.59. The van der Waals surface area contributed by atoms with E-state index in [1.165, 1.54) is 18.2 Å². The fraction of sp³-hybridized carbons (Fsp3) is 0.316. The molecular weight excluding hydrogens is 370 g/mol. The predicted molar refractivity (Wildman–Crippen MR) is 104 cm³/mol. The van der Waals surface area contributed by atoms with E-state index in [0.29, 0.717) is 23.5 Å². The van der Waals surface area contributed by atoms with Crippen LogP contribution in [0.1, 0.15) is 36.3 Å². The fourth-order valence-corrected chi connectivity index (χ4v) is 3.96. The summed E-state index contributed by atoms with van der Waals surface area (Å²) in [5.74, 6) is -0.182. The van der Waals surface area contributed by atoms with E-state index >= 15 is 0 Å². The zero-order valence-electron chi connectivity index (χ0n) is 15.0. The lowest BCUT2D eigenvalue weighted by Gasteiger charge is -2.26. The summed E-state index contributed by atoms with van der Waals surface area (Å²) in [5.41, 5.74) is 6.06. The molecule has 1 unspecified atom stereocenters. The van der Waals surface area contributed by atoms with Crippen molar-refractivity contribution in [3.63, 3.8) is 0 Å². The Bertz CT molecular complexity index is 888. The van der Waals surface area contributed by atoms with E-state index in [9.17, 15) is 13.6 Å². The number of aromatic nitrogens is 1. The maximum Gasteiger partial charge on any atom is 0.274 e. The SMILES string of the molecule is C[C@@H]1SCCC(C)(c2cc(NC(=O)c3ccc(F)cn3)ccc2F)N=C1N. The van der Waals surface area contributed by atoms with Crippen molar-refractivity contribution in [1.82, 2.24) is 4.98 Å². The van der Waals surface area contributed by atoms with Crippen molar-refractivity contribution in [3.05, 3.63) is 59.4 Å². The Labute approximate surface area is 160 Å². The molecule has 8 heteroatoms. The number of thioether (sulfide) groups is 1. The molecule has 1 aromatic carbocycles. The normalized spacial score (nSPS) is 22.7. The van der Waals surface area contributed by atoms with E-state index in [-0.39, 0.29) is 10.9 Å². The minimum Gasteiger partial charge on any atom is -0.387 e. The van der Waals surface area contributed by atoms with Crippen LogP contribution in [0.25, 0.3) is 0 Å². The molecule has 1 aliphatic rings. The van der Waals surface area contributed by atoms with Crippen LogP contribution in [0.15, 0.2) is 41.5 Å². The Morgan fingerprint density at radius 2 is 2.11 bits per heavy atom. The van der Waals surface area contributed by atoms with Gasteiger partial charge in [-0.05, 0) is 56.4 Å². The van der Waals surface area contributed by atoms with E-state index in [1.807, 2.05) is 13.8 Å². The second-order valence-corrected chi connectivity index (χ2v) is 8.03. The number of nitrogens with one attached hydrogen (secondary N) is 1. The summed E-state index contributed by atoms with van der Waals surface area (Å²) < 4.78 is 27.5. The second-order valence-electron chi connectivity index (χ2n) is 6.58. The molecule has 0 bridgehead atoms. The van der Waals surface area contributed by atoms with Crippen LogP contribution in [0.3, 0.4) is 0 Å². The first-order chi connectivity index (χ1) is 12.8. The maximum absolute atomic E-state index is 14.6. The number of amides is 1. The summed E-state index contributed by atoms with van der Waals surface area (Å²) >= 11 is 1.68. The quantitative estimate of drug-likeness (QED) is 0.837. The smallest absolute Gasteiger partial charge is 0.274 e. The minimum absolute atomic E-state index is 0.0652. The number of hydrogen-bond acceptors (Lipinski definition) is 5. The Morgan fingerprint density at radius 3 is 2.81 bits per heavy atom. The molecule has 1 aliphatic heterocycles. The molecule has 142 valence electrons. The number of carbonyl (C=O) groups excluding carboxylic acids is 1. The standard InChI is InChI=1S/C19H20F2N4OS/c1-11-17(22)25-19(2,7-8-27-11)14-9-13(4-5-15(14)21)24-18(26)16-6-3-12(20)10-23-16/h3-6,9-11H,7-8H2,1-2H3,(H2,22,25)(H,24,26)/t11-,19?/m0/s1. The zero-order chi connectivity index (χ0) is 19.6. The topological polar surface area (TPSA) is 80.4 Å². The summed E-state index contributed by atoms with van der Waals surface area (Å²) in [4.78, 5) is 20.6. The molecule has 0 radical (unpaired) electrons. The zero-order valence-corrected chi connectivity index (χ0v) is 15.8. The van der Waals surface area contributed by atoms with Crippen molar-refractivity contribution in [2.24, 2.45) is 10.7 Å². The van der Waals surface area contributed by atoms with Gasteiger partial charge >= 0.3 is 0 Å². The van der Waals surface area contributed by atoms with E-state index < -0.39 is 23.1 Å². The third kappa shape index (κ3) is 4.27. The molecule has 0 fully saturated rings. The molecule has 1 aromatic heterocycles. The Kier molecular flexibility index (Phi) is 5.46. The molecule has 0 saturated heterocycles. The molecule has 0 spiro atoms. The van der Waals surface area contributed by atoms with Gasteiger partial charge in [0, 0.05) is 11.3 Å². The number of carbonyl (C=O) groups is 1. The molecule has 27 heavy (non-hydrogen) atoms. The lowest BCUT2D eigenvalue weighted by Crippen LogP contribution is -2.28. The van der Waals surface area contributed by atoms with Crippen LogP contribution in [0.4, 0.5) is 14.5 Å². The second kappa shape index (κ2) is 7.64. The highest BCUT2D eigenvalue weighted by molar-refractivity contribution is 8.00. The van der Waals surface area contributed by atoms with Crippen LogP contribution in [0.2, 0.25) is 0 Å². The number of amidine groups is 1. The molecular formula is C19H20F2N4OS. The Hall–Kier alpha value is -2.48. The fourth-order valence-electron chi connectivity index (χ4n) is 2.87. The summed E-state index contributed by atoms with van der Waals surface area (Å²) in [5, 5.41) is 2.73. The van der Waals surface area contributed by atoms with Crippen molar-refractivity contribution in [2.75, 3.05) is 11.1 Å². The first kappa shape index (κ1) is 19.3.